The number of nitrogens with zero attached hydrogens (tertiary/aromatic N) is 1. The molecule has 0 bridgehead atoms. The molecule has 2 aromatic carbocycles. The molecule has 30 heavy (non-hydrogen) atoms. The summed E-state index contributed by atoms with van der Waals surface area (Å²) in [5.41, 5.74) is 1.25. The smallest absolute Gasteiger partial charge is 0.227 e. The van der Waals surface area contributed by atoms with Crippen LogP contribution >= 0.6 is 0 Å². The number of hydrogen-bond donors (Lipinski definition) is 1. The van der Waals surface area contributed by atoms with Gasteiger partial charge in [0, 0.05) is 24.7 Å². The van der Waals surface area contributed by atoms with E-state index in [2.05, 4.69) is 5.32 Å². The maximum Gasteiger partial charge on any atom is 0.227 e. The summed E-state index contributed by atoms with van der Waals surface area (Å²) in [6, 6.07) is 9.31. The maximum atomic E-state index is 13.9. The molecule has 7 nitrogen and oxygen atoms in total. The molecule has 0 saturated carbocycles. The van der Waals surface area contributed by atoms with Crippen LogP contribution in [0.4, 0.5) is 10.1 Å². The Hall–Kier alpha value is -3.29. The highest BCUT2D eigenvalue weighted by Gasteiger charge is 2.36. The third-order valence-corrected chi connectivity index (χ3v) is 5.21. The fraction of sp³-hybridized carbons (Fsp3) is 0.364. The first-order chi connectivity index (χ1) is 14.4. The first-order valence-corrected chi connectivity index (χ1v) is 9.54. The van der Waals surface area contributed by atoms with Gasteiger partial charge >= 0.3 is 0 Å². The molecule has 0 aromatic heterocycles. The van der Waals surface area contributed by atoms with E-state index in [1.54, 1.807) is 36.1 Å². The number of carbonyl (C=O) groups is 2. The second-order valence-electron chi connectivity index (χ2n) is 7.07. The van der Waals surface area contributed by atoms with Gasteiger partial charge in [-0.2, -0.15) is 0 Å². The van der Waals surface area contributed by atoms with E-state index in [9.17, 15) is 14.0 Å². The van der Waals surface area contributed by atoms with Crippen molar-refractivity contribution in [3.05, 3.63) is 47.8 Å². The second kappa shape index (κ2) is 9.02. The van der Waals surface area contributed by atoms with E-state index in [0.29, 0.717) is 22.7 Å². The Kier molecular flexibility index (Phi) is 6.44. The molecule has 160 valence electrons. The quantitative estimate of drug-likeness (QED) is 0.751. The Morgan fingerprint density at radius 3 is 2.37 bits per heavy atom. The van der Waals surface area contributed by atoms with Gasteiger partial charge in [0.15, 0.2) is 23.1 Å². The predicted octanol–water partition coefficient (Wildman–Crippen LogP) is 3.08. The maximum absolute atomic E-state index is 13.9. The summed E-state index contributed by atoms with van der Waals surface area (Å²) in [6.07, 6.45) is 0.101. The van der Waals surface area contributed by atoms with Gasteiger partial charge in [-0.25, -0.2) is 4.39 Å². The van der Waals surface area contributed by atoms with Gasteiger partial charge in [0.1, 0.15) is 0 Å². The van der Waals surface area contributed by atoms with Crippen molar-refractivity contribution in [2.24, 2.45) is 5.92 Å². The second-order valence-corrected chi connectivity index (χ2v) is 7.07. The zero-order valence-corrected chi connectivity index (χ0v) is 17.4. The minimum Gasteiger partial charge on any atom is -0.494 e. The molecule has 3 rings (SSSR count). The van der Waals surface area contributed by atoms with E-state index < -0.39 is 17.8 Å². The van der Waals surface area contributed by atoms with E-state index in [1.165, 1.54) is 33.5 Å². The molecule has 0 radical (unpaired) electrons. The van der Waals surface area contributed by atoms with Gasteiger partial charge in [-0.1, -0.05) is 6.07 Å². The number of methoxy groups -OCH3 is 3. The molecule has 8 heteroatoms. The molecule has 0 spiro atoms. The van der Waals surface area contributed by atoms with Crippen LogP contribution in [-0.2, 0) is 9.59 Å². The fourth-order valence-corrected chi connectivity index (χ4v) is 3.49. The van der Waals surface area contributed by atoms with Crippen LogP contribution in [0.1, 0.15) is 24.9 Å². The van der Waals surface area contributed by atoms with E-state index in [-0.39, 0.29) is 30.5 Å². The molecule has 1 N–H and O–H groups in total. The molecule has 1 heterocycles. The van der Waals surface area contributed by atoms with Crippen LogP contribution in [-0.4, -0.2) is 39.7 Å². The molecule has 0 aliphatic carbocycles. The average Bonchev–Trinajstić information content (AvgIpc) is 3.14. The monoisotopic (exact) mass is 416 g/mol. The number of benzene rings is 2. The Bertz CT molecular complexity index is 949. The van der Waals surface area contributed by atoms with Crippen molar-refractivity contribution in [1.82, 2.24) is 5.32 Å². The van der Waals surface area contributed by atoms with Gasteiger partial charge in [0.25, 0.3) is 0 Å². The predicted molar refractivity (Wildman–Crippen MR) is 110 cm³/mol. The van der Waals surface area contributed by atoms with Crippen LogP contribution in [0.5, 0.6) is 17.2 Å². The van der Waals surface area contributed by atoms with Crippen molar-refractivity contribution >= 4 is 17.5 Å². The fourth-order valence-electron chi connectivity index (χ4n) is 3.49. The molecule has 0 unspecified atom stereocenters. The normalized spacial score (nSPS) is 16.9. The highest BCUT2D eigenvalue weighted by molar-refractivity contribution is 6.00. The lowest BCUT2D eigenvalue weighted by Gasteiger charge is -2.20. The number of anilines is 1. The van der Waals surface area contributed by atoms with E-state index >= 15 is 0 Å². The van der Waals surface area contributed by atoms with Gasteiger partial charge < -0.3 is 24.4 Å². The summed E-state index contributed by atoms with van der Waals surface area (Å²) in [4.78, 5) is 26.8. The molecule has 1 saturated heterocycles. The van der Waals surface area contributed by atoms with Crippen LogP contribution in [0.25, 0.3) is 0 Å². The molecular weight excluding hydrogens is 391 g/mol. The third-order valence-electron chi connectivity index (χ3n) is 5.21. The van der Waals surface area contributed by atoms with Crippen LogP contribution in [0, 0.1) is 11.7 Å². The van der Waals surface area contributed by atoms with Gasteiger partial charge in [-0.3, -0.25) is 9.59 Å². The largest absolute Gasteiger partial charge is 0.494 e. The average molecular weight is 416 g/mol. The summed E-state index contributed by atoms with van der Waals surface area (Å²) in [5, 5.41) is 2.87. The van der Waals surface area contributed by atoms with E-state index in [4.69, 9.17) is 14.2 Å². The topological polar surface area (TPSA) is 77.1 Å². The van der Waals surface area contributed by atoms with E-state index in [1.807, 2.05) is 0 Å². The lowest BCUT2D eigenvalue weighted by atomic mass is 10.0. The number of rotatable bonds is 7. The summed E-state index contributed by atoms with van der Waals surface area (Å²) in [5.74, 6) is -0.193. The Morgan fingerprint density at radius 1 is 1.07 bits per heavy atom. The summed E-state index contributed by atoms with van der Waals surface area (Å²) in [6.45, 7) is 2.02. The highest BCUT2D eigenvalue weighted by Crippen LogP contribution is 2.34. The van der Waals surface area contributed by atoms with E-state index in [0.717, 1.165) is 0 Å². The highest BCUT2D eigenvalue weighted by atomic mass is 19.1. The Labute approximate surface area is 174 Å². The Morgan fingerprint density at radius 2 is 1.73 bits per heavy atom. The molecule has 2 atom stereocenters. The van der Waals surface area contributed by atoms with Crippen molar-refractivity contribution in [3.63, 3.8) is 0 Å². The standard InChI is InChI=1S/C22H25FN2O5/c1-13(14-5-7-18(28-2)17(23)9-14)24-22(27)15-10-21(26)25(12-15)16-6-8-19(29-3)20(11-16)30-4/h5-9,11,13,15H,10,12H2,1-4H3,(H,24,27)/t13-,15-/m0/s1. The summed E-state index contributed by atoms with van der Waals surface area (Å²) in [7, 11) is 4.45. The number of hydrogen-bond acceptors (Lipinski definition) is 5. The van der Waals surface area contributed by atoms with Crippen LogP contribution in [0.15, 0.2) is 36.4 Å². The van der Waals surface area contributed by atoms with Gasteiger partial charge in [0.05, 0.1) is 33.3 Å². The van der Waals surface area contributed by atoms with Crippen LogP contribution in [0.2, 0.25) is 0 Å². The molecular formula is C22H25FN2O5. The van der Waals surface area contributed by atoms with Crippen molar-refractivity contribution < 1.29 is 28.2 Å². The summed E-state index contributed by atoms with van der Waals surface area (Å²) >= 11 is 0. The molecule has 2 aromatic rings. The SMILES string of the molecule is COc1ccc([C@H](C)NC(=O)[C@H]2CC(=O)N(c3ccc(OC)c(OC)c3)C2)cc1F. The number of ether oxygens (including phenoxy) is 3. The van der Waals surface area contributed by atoms with Crippen molar-refractivity contribution in [2.75, 3.05) is 32.8 Å². The minimum atomic E-state index is -0.504. The van der Waals surface area contributed by atoms with Gasteiger partial charge in [0.2, 0.25) is 11.8 Å². The lowest BCUT2D eigenvalue weighted by Crippen LogP contribution is -2.34. The minimum absolute atomic E-state index is 0.101. The first kappa shape index (κ1) is 21.4. The van der Waals surface area contributed by atoms with Crippen LogP contribution in [0.3, 0.4) is 0 Å². The van der Waals surface area contributed by atoms with Crippen molar-refractivity contribution in [1.29, 1.82) is 0 Å². The van der Waals surface area contributed by atoms with Gasteiger partial charge in [-0.15, -0.1) is 0 Å². The molecule has 1 aliphatic rings. The zero-order chi connectivity index (χ0) is 21.8. The number of amides is 2. The third kappa shape index (κ3) is 4.32. The summed E-state index contributed by atoms with van der Waals surface area (Å²) < 4.78 is 29.4. The van der Waals surface area contributed by atoms with Gasteiger partial charge in [-0.05, 0) is 36.8 Å². The lowest BCUT2D eigenvalue weighted by molar-refractivity contribution is -0.126. The number of nitrogens with one attached hydrogen (secondary N) is 1. The number of halogens is 1. The Balaban J connectivity index is 1.68. The van der Waals surface area contributed by atoms with Crippen molar-refractivity contribution in [3.8, 4) is 17.2 Å². The molecule has 1 aliphatic heterocycles. The first-order valence-electron chi connectivity index (χ1n) is 9.54. The van der Waals surface area contributed by atoms with Crippen LogP contribution < -0.4 is 24.4 Å². The zero-order valence-electron chi connectivity index (χ0n) is 17.4. The molecule has 1 fully saturated rings. The van der Waals surface area contributed by atoms with Crippen molar-refractivity contribution in [2.45, 2.75) is 19.4 Å². The molecule has 2 amide bonds. The number of carbonyl (C=O) groups excluding carboxylic acids is 2.